The van der Waals surface area contributed by atoms with E-state index in [4.69, 9.17) is 0 Å². The van der Waals surface area contributed by atoms with Crippen LogP contribution in [0.3, 0.4) is 0 Å². The van der Waals surface area contributed by atoms with Gasteiger partial charge in [0, 0.05) is 11.5 Å². The fourth-order valence-corrected chi connectivity index (χ4v) is 3.69. The summed E-state index contributed by atoms with van der Waals surface area (Å²) in [5.41, 5.74) is 3.84. The molecule has 1 saturated carbocycles. The number of allylic oxidation sites excluding steroid dienone is 1. The van der Waals surface area contributed by atoms with Gasteiger partial charge in [-0.1, -0.05) is 54.6 Å². The van der Waals surface area contributed by atoms with Gasteiger partial charge in [0.15, 0.2) is 0 Å². The van der Waals surface area contributed by atoms with Crippen LogP contribution in [-0.2, 0) is 6.42 Å². The van der Waals surface area contributed by atoms with Crippen molar-refractivity contribution in [2.24, 2.45) is 5.92 Å². The maximum absolute atomic E-state index is 13.4. The standard InChI is InChI=1S/C21H22F2/c1-15-8-5-6-13-18(15)19-14-17(20(19)21(22)23)12-7-11-16-9-3-2-4-10-16/h2-6,8-10,13,17,19H,7,11-12,14H2,1H3/t17-,19-/m0/s1. The molecule has 2 atom stereocenters. The van der Waals surface area contributed by atoms with E-state index in [0.717, 1.165) is 36.8 Å². The van der Waals surface area contributed by atoms with Gasteiger partial charge in [0.25, 0.3) is 6.08 Å². The Morgan fingerprint density at radius 1 is 1.00 bits per heavy atom. The fourth-order valence-electron chi connectivity index (χ4n) is 3.69. The normalized spacial score (nSPS) is 20.2. The summed E-state index contributed by atoms with van der Waals surface area (Å²) >= 11 is 0. The summed E-state index contributed by atoms with van der Waals surface area (Å²) in [4.78, 5) is 0. The smallest absolute Gasteiger partial charge is 0.173 e. The Hall–Kier alpha value is -1.96. The Kier molecular flexibility index (Phi) is 4.90. The predicted octanol–water partition coefficient (Wildman–Crippen LogP) is 6.27. The third-order valence-electron chi connectivity index (χ3n) is 4.98. The van der Waals surface area contributed by atoms with Crippen LogP contribution >= 0.6 is 0 Å². The number of hydrogen-bond donors (Lipinski definition) is 0. The van der Waals surface area contributed by atoms with Gasteiger partial charge in [0.05, 0.1) is 0 Å². The lowest BCUT2D eigenvalue weighted by molar-refractivity contribution is 0.298. The second-order valence-corrected chi connectivity index (χ2v) is 6.44. The number of halogens is 2. The van der Waals surface area contributed by atoms with Gasteiger partial charge in [-0.3, -0.25) is 0 Å². The average Bonchev–Trinajstić information content (AvgIpc) is 2.52. The van der Waals surface area contributed by atoms with E-state index in [0.29, 0.717) is 5.57 Å². The number of hydrogen-bond acceptors (Lipinski definition) is 0. The van der Waals surface area contributed by atoms with Crippen molar-refractivity contribution in [2.75, 3.05) is 0 Å². The van der Waals surface area contributed by atoms with Gasteiger partial charge in [-0.2, -0.15) is 8.78 Å². The van der Waals surface area contributed by atoms with Crippen LogP contribution in [0.1, 0.15) is 41.9 Å². The van der Waals surface area contributed by atoms with Crippen LogP contribution in [-0.4, -0.2) is 0 Å². The maximum Gasteiger partial charge on any atom is 0.270 e. The van der Waals surface area contributed by atoms with Crippen molar-refractivity contribution < 1.29 is 8.78 Å². The summed E-state index contributed by atoms with van der Waals surface area (Å²) in [6.07, 6.45) is 2.17. The largest absolute Gasteiger partial charge is 0.270 e. The molecule has 3 rings (SSSR count). The Balaban J connectivity index is 1.62. The van der Waals surface area contributed by atoms with Crippen molar-refractivity contribution in [2.45, 2.75) is 38.5 Å². The predicted molar refractivity (Wildman–Crippen MR) is 90.6 cm³/mol. The summed E-state index contributed by atoms with van der Waals surface area (Å²) in [7, 11) is 0. The molecule has 1 aliphatic carbocycles. The molecule has 0 N–H and O–H groups in total. The molecule has 1 fully saturated rings. The van der Waals surface area contributed by atoms with Crippen LogP contribution < -0.4 is 0 Å². The van der Waals surface area contributed by atoms with Crippen molar-refractivity contribution in [3.8, 4) is 0 Å². The highest BCUT2D eigenvalue weighted by atomic mass is 19.3. The highest BCUT2D eigenvalue weighted by Crippen LogP contribution is 2.51. The maximum atomic E-state index is 13.4. The number of rotatable bonds is 5. The van der Waals surface area contributed by atoms with Crippen LogP contribution in [0.2, 0.25) is 0 Å². The third kappa shape index (κ3) is 3.52. The van der Waals surface area contributed by atoms with Crippen LogP contribution in [0.5, 0.6) is 0 Å². The molecule has 0 spiro atoms. The Labute approximate surface area is 136 Å². The first-order valence-corrected chi connectivity index (χ1v) is 8.31. The molecule has 2 aromatic rings. The highest BCUT2D eigenvalue weighted by Gasteiger charge is 2.39. The Bertz CT molecular complexity index is 684. The molecule has 0 aromatic heterocycles. The molecule has 1 aliphatic rings. The molecule has 0 nitrogen and oxygen atoms in total. The minimum atomic E-state index is -1.46. The summed E-state index contributed by atoms with van der Waals surface area (Å²) < 4.78 is 26.9. The van der Waals surface area contributed by atoms with Gasteiger partial charge < -0.3 is 0 Å². The zero-order chi connectivity index (χ0) is 16.2. The van der Waals surface area contributed by atoms with E-state index in [2.05, 4.69) is 12.1 Å². The molecule has 0 heterocycles. The van der Waals surface area contributed by atoms with Crippen molar-refractivity contribution in [1.82, 2.24) is 0 Å². The van der Waals surface area contributed by atoms with E-state index in [1.165, 1.54) is 5.56 Å². The summed E-state index contributed by atoms with van der Waals surface area (Å²) in [6, 6.07) is 18.2. The van der Waals surface area contributed by atoms with E-state index in [9.17, 15) is 8.78 Å². The average molecular weight is 312 g/mol. The van der Waals surface area contributed by atoms with Crippen LogP contribution in [0, 0.1) is 12.8 Å². The van der Waals surface area contributed by atoms with Crippen LogP contribution in [0.4, 0.5) is 8.78 Å². The van der Waals surface area contributed by atoms with Gasteiger partial charge in [0.1, 0.15) is 0 Å². The van der Waals surface area contributed by atoms with Crippen molar-refractivity contribution >= 4 is 0 Å². The lowest BCUT2D eigenvalue weighted by Crippen LogP contribution is -2.27. The quantitative estimate of drug-likeness (QED) is 0.610. The van der Waals surface area contributed by atoms with Crippen molar-refractivity contribution in [3.63, 3.8) is 0 Å². The van der Waals surface area contributed by atoms with E-state index in [1.807, 2.05) is 49.4 Å². The van der Waals surface area contributed by atoms with Gasteiger partial charge in [0.2, 0.25) is 0 Å². The first kappa shape index (κ1) is 15.9. The highest BCUT2D eigenvalue weighted by molar-refractivity contribution is 5.41. The van der Waals surface area contributed by atoms with Crippen molar-refractivity contribution in [1.29, 1.82) is 0 Å². The Morgan fingerprint density at radius 3 is 2.39 bits per heavy atom. The molecule has 0 saturated heterocycles. The van der Waals surface area contributed by atoms with Crippen molar-refractivity contribution in [3.05, 3.63) is 82.9 Å². The molecule has 0 aliphatic heterocycles. The Morgan fingerprint density at radius 2 is 1.70 bits per heavy atom. The molecule has 120 valence electrons. The first-order valence-electron chi connectivity index (χ1n) is 8.31. The molecule has 2 heteroatoms. The minimum Gasteiger partial charge on any atom is -0.173 e. The van der Waals surface area contributed by atoms with Gasteiger partial charge in [-0.15, -0.1) is 0 Å². The van der Waals surface area contributed by atoms with E-state index in [1.54, 1.807) is 0 Å². The van der Waals surface area contributed by atoms with E-state index >= 15 is 0 Å². The van der Waals surface area contributed by atoms with Crippen LogP contribution in [0.15, 0.2) is 66.3 Å². The summed E-state index contributed by atoms with van der Waals surface area (Å²) in [5.74, 6) is -0.0313. The number of aryl methyl sites for hydroxylation is 2. The third-order valence-corrected chi connectivity index (χ3v) is 4.98. The molecule has 2 aromatic carbocycles. The first-order chi connectivity index (χ1) is 11.2. The fraction of sp³-hybridized carbons (Fsp3) is 0.333. The SMILES string of the molecule is Cc1ccccc1[C@@H]1C[C@H](CCCc2ccccc2)C1=C(F)F. The number of benzene rings is 2. The topological polar surface area (TPSA) is 0 Å². The zero-order valence-corrected chi connectivity index (χ0v) is 13.4. The summed E-state index contributed by atoms with van der Waals surface area (Å²) in [6.45, 7) is 2.01. The monoisotopic (exact) mass is 312 g/mol. The molecule has 23 heavy (non-hydrogen) atoms. The molecule has 0 unspecified atom stereocenters. The second-order valence-electron chi connectivity index (χ2n) is 6.44. The van der Waals surface area contributed by atoms with Gasteiger partial charge in [-0.25, -0.2) is 0 Å². The molecule has 0 radical (unpaired) electrons. The zero-order valence-electron chi connectivity index (χ0n) is 13.4. The summed E-state index contributed by atoms with van der Waals surface area (Å²) in [5, 5.41) is 0. The second kappa shape index (κ2) is 7.08. The lowest BCUT2D eigenvalue weighted by Gasteiger charge is -2.39. The molecular weight excluding hydrogens is 290 g/mol. The minimum absolute atomic E-state index is 0.0494. The molecular formula is C21H22F2. The van der Waals surface area contributed by atoms with Gasteiger partial charge >= 0.3 is 0 Å². The van der Waals surface area contributed by atoms with E-state index in [-0.39, 0.29) is 11.8 Å². The molecule has 0 amide bonds. The van der Waals surface area contributed by atoms with E-state index < -0.39 is 6.08 Å². The lowest BCUT2D eigenvalue weighted by atomic mass is 9.64. The van der Waals surface area contributed by atoms with Crippen LogP contribution in [0.25, 0.3) is 0 Å². The molecule has 0 bridgehead atoms. The van der Waals surface area contributed by atoms with Gasteiger partial charge in [-0.05, 0) is 55.2 Å².